The molecule has 0 spiro atoms. The van der Waals surface area contributed by atoms with E-state index in [0.717, 1.165) is 4.68 Å². The van der Waals surface area contributed by atoms with E-state index >= 15 is 0 Å². The van der Waals surface area contributed by atoms with Gasteiger partial charge in [0.15, 0.2) is 5.65 Å². The Morgan fingerprint density at radius 1 is 1.39 bits per heavy atom. The van der Waals surface area contributed by atoms with Crippen molar-refractivity contribution in [2.75, 3.05) is 0 Å². The molecule has 1 aromatic carbocycles. The zero-order chi connectivity index (χ0) is 16.4. The SMILES string of the molecule is O=C(Cn1nc2cnccn2c1=O)NCc1ccc(Cl)c(F)c1. The number of rotatable bonds is 4. The molecule has 3 aromatic rings. The summed E-state index contributed by atoms with van der Waals surface area (Å²) in [5, 5.41) is 6.61. The summed E-state index contributed by atoms with van der Waals surface area (Å²) in [6.45, 7) is -0.118. The quantitative estimate of drug-likeness (QED) is 0.771. The van der Waals surface area contributed by atoms with Crippen molar-refractivity contribution >= 4 is 23.2 Å². The van der Waals surface area contributed by atoms with E-state index in [1.54, 1.807) is 6.07 Å². The number of benzene rings is 1. The number of carbonyl (C=O) groups excluding carboxylic acids is 1. The van der Waals surface area contributed by atoms with Gasteiger partial charge in [-0.25, -0.2) is 18.3 Å². The van der Waals surface area contributed by atoms with E-state index in [1.165, 1.54) is 35.1 Å². The minimum Gasteiger partial charge on any atom is -0.350 e. The van der Waals surface area contributed by atoms with Crippen LogP contribution >= 0.6 is 11.6 Å². The van der Waals surface area contributed by atoms with E-state index in [4.69, 9.17) is 11.6 Å². The van der Waals surface area contributed by atoms with Gasteiger partial charge in [0.05, 0.1) is 11.2 Å². The zero-order valence-electron chi connectivity index (χ0n) is 11.7. The lowest BCUT2D eigenvalue weighted by atomic mass is 10.2. The fourth-order valence-corrected chi connectivity index (χ4v) is 2.14. The molecule has 0 aliphatic carbocycles. The van der Waals surface area contributed by atoms with E-state index in [-0.39, 0.29) is 18.1 Å². The van der Waals surface area contributed by atoms with Gasteiger partial charge in [0.2, 0.25) is 5.91 Å². The molecular formula is C14H11ClFN5O2. The minimum atomic E-state index is -0.553. The van der Waals surface area contributed by atoms with E-state index in [9.17, 15) is 14.0 Å². The smallest absolute Gasteiger partial charge is 0.350 e. The molecule has 0 saturated heterocycles. The molecule has 23 heavy (non-hydrogen) atoms. The summed E-state index contributed by atoms with van der Waals surface area (Å²) in [6.07, 6.45) is 4.34. The summed E-state index contributed by atoms with van der Waals surface area (Å²) in [4.78, 5) is 27.8. The Labute approximate surface area is 134 Å². The predicted octanol–water partition coefficient (Wildman–Crippen LogP) is 1.000. The molecule has 0 bridgehead atoms. The second kappa shape index (κ2) is 6.17. The molecule has 0 radical (unpaired) electrons. The third-order valence-electron chi connectivity index (χ3n) is 3.16. The van der Waals surface area contributed by atoms with E-state index in [0.29, 0.717) is 11.2 Å². The lowest BCUT2D eigenvalue weighted by molar-refractivity contribution is -0.122. The summed E-state index contributed by atoms with van der Waals surface area (Å²) < 4.78 is 15.6. The average Bonchev–Trinajstić information content (AvgIpc) is 2.85. The highest BCUT2D eigenvalue weighted by atomic mass is 35.5. The van der Waals surface area contributed by atoms with Crippen molar-refractivity contribution in [3.8, 4) is 0 Å². The molecule has 2 aromatic heterocycles. The van der Waals surface area contributed by atoms with E-state index < -0.39 is 17.4 Å². The fourth-order valence-electron chi connectivity index (χ4n) is 2.03. The molecule has 2 heterocycles. The predicted molar refractivity (Wildman–Crippen MR) is 80.5 cm³/mol. The molecule has 118 valence electrons. The van der Waals surface area contributed by atoms with Crippen LogP contribution in [0.5, 0.6) is 0 Å². The Hall–Kier alpha value is -2.74. The second-order valence-electron chi connectivity index (χ2n) is 4.77. The largest absolute Gasteiger partial charge is 0.350 e. The van der Waals surface area contributed by atoms with E-state index in [2.05, 4.69) is 15.4 Å². The first-order chi connectivity index (χ1) is 11.0. The Morgan fingerprint density at radius 3 is 2.96 bits per heavy atom. The number of nitrogens with zero attached hydrogens (tertiary/aromatic N) is 4. The van der Waals surface area contributed by atoms with Gasteiger partial charge in [0, 0.05) is 18.9 Å². The first-order valence-electron chi connectivity index (χ1n) is 6.64. The highest BCUT2D eigenvalue weighted by Crippen LogP contribution is 2.15. The summed E-state index contributed by atoms with van der Waals surface area (Å²) in [5.74, 6) is -0.971. The lowest BCUT2D eigenvalue weighted by Crippen LogP contribution is -2.32. The highest BCUT2D eigenvalue weighted by molar-refractivity contribution is 6.30. The topological polar surface area (TPSA) is 81.3 Å². The molecule has 1 amide bonds. The molecule has 7 nitrogen and oxygen atoms in total. The van der Waals surface area contributed by atoms with Crippen molar-refractivity contribution in [2.45, 2.75) is 13.1 Å². The van der Waals surface area contributed by atoms with Gasteiger partial charge in [-0.15, -0.1) is 5.10 Å². The van der Waals surface area contributed by atoms with Gasteiger partial charge in [-0.2, -0.15) is 0 Å². The van der Waals surface area contributed by atoms with Crippen LogP contribution in [-0.2, 0) is 17.9 Å². The Bertz CT molecular complexity index is 936. The monoisotopic (exact) mass is 335 g/mol. The normalized spacial score (nSPS) is 10.9. The van der Waals surface area contributed by atoms with Gasteiger partial charge in [-0.3, -0.25) is 9.78 Å². The number of halogens is 2. The number of nitrogens with one attached hydrogen (secondary N) is 1. The van der Waals surface area contributed by atoms with Crippen LogP contribution in [-0.4, -0.2) is 25.1 Å². The van der Waals surface area contributed by atoms with Crippen LogP contribution in [0.2, 0.25) is 5.02 Å². The van der Waals surface area contributed by atoms with Crippen LogP contribution in [0.15, 0.2) is 41.6 Å². The average molecular weight is 336 g/mol. The number of hydrogen-bond donors (Lipinski definition) is 1. The number of hydrogen-bond acceptors (Lipinski definition) is 4. The Kier molecular flexibility index (Phi) is 4.07. The number of aromatic nitrogens is 4. The third kappa shape index (κ3) is 3.21. The van der Waals surface area contributed by atoms with Gasteiger partial charge < -0.3 is 5.32 Å². The zero-order valence-corrected chi connectivity index (χ0v) is 12.5. The Morgan fingerprint density at radius 2 is 2.22 bits per heavy atom. The molecule has 1 N–H and O–H groups in total. The van der Waals surface area contributed by atoms with Crippen molar-refractivity contribution < 1.29 is 9.18 Å². The highest BCUT2D eigenvalue weighted by Gasteiger charge is 2.10. The second-order valence-corrected chi connectivity index (χ2v) is 5.18. The lowest BCUT2D eigenvalue weighted by Gasteiger charge is -2.05. The van der Waals surface area contributed by atoms with Gasteiger partial charge >= 0.3 is 5.69 Å². The molecule has 0 aliphatic rings. The van der Waals surface area contributed by atoms with Crippen molar-refractivity contribution in [1.82, 2.24) is 24.5 Å². The molecule has 0 saturated carbocycles. The molecule has 0 aliphatic heterocycles. The van der Waals surface area contributed by atoms with Crippen molar-refractivity contribution in [2.24, 2.45) is 0 Å². The minimum absolute atomic E-state index is 0.0185. The van der Waals surface area contributed by atoms with Crippen LogP contribution in [0.3, 0.4) is 0 Å². The first-order valence-corrected chi connectivity index (χ1v) is 7.02. The first kappa shape index (κ1) is 15.2. The molecule has 0 fully saturated rings. The van der Waals surface area contributed by atoms with Crippen LogP contribution in [0.25, 0.3) is 5.65 Å². The summed E-state index contributed by atoms with van der Waals surface area (Å²) >= 11 is 5.59. The summed E-state index contributed by atoms with van der Waals surface area (Å²) in [7, 11) is 0. The maximum Gasteiger partial charge on any atom is 0.350 e. The van der Waals surface area contributed by atoms with Gasteiger partial charge in [0.1, 0.15) is 12.4 Å². The molecule has 3 rings (SSSR count). The van der Waals surface area contributed by atoms with Gasteiger partial charge in [-0.1, -0.05) is 17.7 Å². The van der Waals surface area contributed by atoms with Crippen molar-refractivity contribution in [3.05, 3.63) is 63.7 Å². The van der Waals surface area contributed by atoms with Crippen LogP contribution in [0, 0.1) is 5.82 Å². The van der Waals surface area contributed by atoms with Crippen LogP contribution in [0.1, 0.15) is 5.56 Å². The summed E-state index contributed by atoms with van der Waals surface area (Å²) in [5.41, 5.74) is 0.479. The number of fused-ring (bicyclic) bond motifs is 1. The number of amides is 1. The summed E-state index contributed by atoms with van der Waals surface area (Å²) in [6, 6.07) is 4.26. The molecule has 0 atom stereocenters. The standard InChI is InChI=1S/C14H11ClFN5O2/c15-10-2-1-9(5-11(10)16)6-18-13(22)8-21-14(23)20-4-3-17-7-12(20)19-21/h1-5,7H,6,8H2,(H,18,22). The fraction of sp³-hybridized carbons (Fsp3) is 0.143. The van der Waals surface area contributed by atoms with E-state index in [1.807, 2.05) is 0 Å². The molecule has 0 unspecified atom stereocenters. The maximum atomic E-state index is 13.3. The van der Waals surface area contributed by atoms with Gasteiger partial charge in [-0.05, 0) is 17.7 Å². The van der Waals surface area contributed by atoms with Crippen LogP contribution in [0.4, 0.5) is 4.39 Å². The number of carbonyl (C=O) groups is 1. The molecular weight excluding hydrogens is 325 g/mol. The van der Waals surface area contributed by atoms with Gasteiger partial charge in [0.25, 0.3) is 0 Å². The van der Waals surface area contributed by atoms with Crippen molar-refractivity contribution in [3.63, 3.8) is 0 Å². The third-order valence-corrected chi connectivity index (χ3v) is 3.46. The van der Waals surface area contributed by atoms with Crippen molar-refractivity contribution in [1.29, 1.82) is 0 Å². The van der Waals surface area contributed by atoms with Crippen LogP contribution < -0.4 is 11.0 Å². The molecule has 9 heteroatoms. The maximum absolute atomic E-state index is 13.3. The Balaban J connectivity index is 1.67.